The van der Waals surface area contributed by atoms with Crippen molar-refractivity contribution in [2.45, 2.75) is 45.6 Å². The third-order valence-corrected chi connectivity index (χ3v) is 3.65. The van der Waals surface area contributed by atoms with E-state index in [0.717, 1.165) is 24.3 Å². The summed E-state index contributed by atoms with van der Waals surface area (Å²) in [6.45, 7) is 8.68. The fourth-order valence-electron chi connectivity index (χ4n) is 2.46. The molecule has 1 aliphatic rings. The summed E-state index contributed by atoms with van der Waals surface area (Å²) < 4.78 is 0. The van der Waals surface area contributed by atoms with E-state index >= 15 is 0 Å². The summed E-state index contributed by atoms with van der Waals surface area (Å²) in [5.41, 5.74) is 1.42. The molecule has 0 aromatic heterocycles. The quantitative estimate of drug-likeness (QED) is 0.657. The van der Waals surface area contributed by atoms with Crippen LogP contribution in [0.3, 0.4) is 0 Å². The zero-order chi connectivity index (χ0) is 9.84. The standard InChI is InChI=1S/C12H23N/c1-5-9(2)8-11-6-7-12(13-4)10(11)3/h10-13H,2,5-8H2,1,3-4H3. The lowest BCUT2D eigenvalue weighted by Gasteiger charge is -2.20. The summed E-state index contributed by atoms with van der Waals surface area (Å²) in [4.78, 5) is 0. The van der Waals surface area contributed by atoms with Gasteiger partial charge in [-0.25, -0.2) is 0 Å². The number of rotatable bonds is 4. The van der Waals surface area contributed by atoms with Gasteiger partial charge in [-0.15, -0.1) is 0 Å². The van der Waals surface area contributed by atoms with Crippen LogP contribution in [0.5, 0.6) is 0 Å². The van der Waals surface area contributed by atoms with Gasteiger partial charge in [0.15, 0.2) is 0 Å². The van der Waals surface area contributed by atoms with Crippen LogP contribution >= 0.6 is 0 Å². The van der Waals surface area contributed by atoms with Crippen molar-refractivity contribution in [3.05, 3.63) is 12.2 Å². The summed E-state index contributed by atoms with van der Waals surface area (Å²) in [5, 5.41) is 3.41. The Morgan fingerprint density at radius 3 is 2.62 bits per heavy atom. The Balaban J connectivity index is 2.40. The van der Waals surface area contributed by atoms with E-state index in [-0.39, 0.29) is 0 Å². The monoisotopic (exact) mass is 181 g/mol. The largest absolute Gasteiger partial charge is 0.317 e. The van der Waals surface area contributed by atoms with E-state index in [1.165, 1.54) is 24.8 Å². The van der Waals surface area contributed by atoms with Gasteiger partial charge in [-0.2, -0.15) is 0 Å². The molecule has 3 atom stereocenters. The highest BCUT2D eigenvalue weighted by Gasteiger charge is 2.31. The molecule has 0 heterocycles. The van der Waals surface area contributed by atoms with Gasteiger partial charge in [0.1, 0.15) is 0 Å². The molecule has 0 bridgehead atoms. The zero-order valence-corrected chi connectivity index (χ0v) is 9.27. The number of allylic oxidation sites excluding steroid dienone is 1. The predicted molar refractivity (Wildman–Crippen MR) is 58.8 cm³/mol. The molecule has 3 unspecified atom stereocenters. The number of hydrogen-bond acceptors (Lipinski definition) is 1. The highest BCUT2D eigenvalue weighted by Crippen LogP contribution is 2.35. The molecule has 0 amide bonds. The van der Waals surface area contributed by atoms with Gasteiger partial charge in [-0.1, -0.05) is 26.0 Å². The van der Waals surface area contributed by atoms with E-state index in [0.29, 0.717) is 0 Å². The highest BCUT2D eigenvalue weighted by molar-refractivity contribution is 4.98. The minimum atomic E-state index is 0.745. The maximum absolute atomic E-state index is 4.10. The van der Waals surface area contributed by atoms with Crippen LogP contribution in [0.1, 0.15) is 39.5 Å². The van der Waals surface area contributed by atoms with E-state index in [2.05, 4.69) is 32.8 Å². The molecule has 76 valence electrons. The average molecular weight is 181 g/mol. The van der Waals surface area contributed by atoms with Gasteiger partial charge in [-0.05, 0) is 44.6 Å². The van der Waals surface area contributed by atoms with E-state index in [1.807, 2.05) is 0 Å². The molecule has 1 aliphatic carbocycles. The van der Waals surface area contributed by atoms with E-state index in [9.17, 15) is 0 Å². The van der Waals surface area contributed by atoms with Gasteiger partial charge in [0.25, 0.3) is 0 Å². The Labute approximate surface area is 82.6 Å². The lowest BCUT2D eigenvalue weighted by atomic mass is 9.89. The van der Waals surface area contributed by atoms with Crippen LogP contribution in [0.15, 0.2) is 12.2 Å². The zero-order valence-electron chi connectivity index (χ0n) is 9.27. The van der Waals surface area contributed by atoms with Crippen LogP contribution in [0.25, 0.3) is 0 Å². The molecule has 1 saturated carbocycles. The maximum atomic E-state index is 4.10. The molecular weight excluding hydrogens is 158 g/mol. The second-order valence-electron chi connectivity index (χ2n) is 4.40. The second kappa shape index (κ2) is 4.80. The summed E-state index contributed by atoms with van der Waals surface area (Å²) in [7, 11) is 2.08. The first-order valence-corrected chi connectivity index (χ1v) is 5.53. The van der Waals surface area contributed by atoms with Crippen LogP contribution < -0.4 is 5.32 Å². The first kappa shape index (κ1) is 10.8. The van der Waals surface area contributed by atoms with Crippen molar-refractivity contribution >= 4 is 0 Å². The molecule has 1 rings (SSSR count). The minimum absolute atomic E-state index is 0.745. The molecule has 0 aliphatic heterocycles. The van der Waals surface area contributed by atoms with E-state index in [1.54, 1.807) is 0 Å². The lowest BCUT2D eigenvalue weighted by molar-refractivity contribution is 0.362. The van der Waals surface area contributed by atoms with E-state index < -0.39 is 0 Å². The molecule has 1 N–H and O–H groups in total. The molecule has 13 heavy (non-hydrogen) atoms. The molecule has 0 spiro atoms. The predicted octanol–water partition coefficient (Wildman–Crippen LogP) is 2.98. The Morgan fingerprint density at radius 1 is 1.46 bits per heavy atom. The Bertz CT molecular complexity index is 174. The van der Waals surface area contributed by atoms with Crippen LogP contribution in [0, 0.1) is 11.8 Å². The third-order valence-electron chi connectivity index (χ3n) is 3.65. The normalized spacial score (nSPS) is 33.6. The fraction of sp³-hybridized carbons (Fsp3) is 0.833. The molecule has 1 heteroatoms. The summed E-state index contributed by atoms with van der Waals surface area (Å²) in [5.74, 6) is 1.71. The van der Waals surface area contributed by atoms with Crippen LogP contribution in [0.2, 0.25) is 0 Å². The Hall–Kier alpha value is -0.300. The van der Waals surface area contributed by atoms with Gasteiger partial charge in [0.05, 0.1) is 0 Å². The van der Waals surface area contributed by atoms with Crippen LogP contribution in [-0.4, -0.2) is 13.1 Å². The van der Waals surface area contributed by atoms with Crippen molar-refractivity contribution in [2.24, 2.45) is 11.8 Å². The molecule has 1 nitrogen and oxygen atoms in total. The van der Waals surface area contributed by atoms with Crippen molar-refractivity contribution in [3.63, 3.8) is 0 Å². The summed E-state index contributed by atoms with van der Waals surface area (Å²) in [6.07, 6.45) is 5.12. The molecule has 0 aromatic rings. The molecule has 0 aromatic carbocycles. The molecule has 0 radical (unpaired) electrons. The van der Waals surface area contributed by atoms with Gasteiger partial charge in [0.2, 0.25) is 0 Å². The Kier molecular flexibility index (Phi) is 3.98. The summed E-state index contributed by atoms with van der Waals surface area (Å²) >= 11 is 0. The van der Waals surface area contributed by atoms with Crippen molar-refractivity contribution in [3.8, 4) is 0 Å². The Morgan fingerprint density at radius 2 is 2.15 bits per heavy atom. The SMILES string of the molecule is C=C(CC)CC1CCC(NC)C1C. The number of nitrogens with one attached hydrogen (secondary N) is 1. The first-order chi connectivity index (χ1) is 6.19. The second-order valence-corrected chi connectivity index (χ2v) is 4.40. The maximum Gasteiger partial charge on any atom is 0.00925 e. The lowest BCUT2D eigenvalue weighted by Crippen LogP contribution is -2.29. The number of hydrogen-bond donors (Lipinski definition) is 1. The topological polar surface area (TPSA) is 12.0 Å². The minimum Gasteiger partial charge on any atom is -0.317 e. The smallest absolute Gasteiger partial charge is 0.00925 e. The van der Waals surface area contributed by atoms with Gasteiger partial charge in [0, 0.05) is 6.04 Å². The summed E-state index contributed by atoms with van der Waals surface area (Å²) in [6, 6.07) is 0.745. The average Bonchev–Trinajstić information content (AvgIpc) is 2.48. The van der Waals surface area contributed by atoms with Crippen molar-refractivity contribution in [2.75, 3.05) is 7.05 Å². The van der Waals surface area contributed by atoms with Gasteiger partial charge < -0.3 is 5.32 Å². The van der Waals surface area contributed by atoms with Crippen molar-refractivity contribution in [1.82, 2.24) is 5.32 Å². The molecular formula is C12H23N. The van der Waals surface area contributed by atoms with Crippen LogP contribution in [-0.2, 0) is 0 Å². The first-order valence-electron chi connectivity index (χ1n) is 5.53. The third kappa shape index (κ3) is 2.57. The molecule has 1 fully saturated rings. The van der Waals surface area contributed by atoms with Gasteiger partial charge in [-0.3, -0.25) is 0 Å². The van der Waals surface area contributed by atoms with Crippen molar-refractivity contribution in [1.29, 1.82) is 0 Å². The van der Waals surface area contributed by atoms with Gasteiger partial charge >= 0.3 is 0 Å². The fourth-order valence-corrected chi connectivity index (χ4v) is 2.46. The molecule has 0 saturated heterocycles. The van der Waals surface area contributed by atoms with E-state index in [4.69, 9.17) is 0 Å². The van der Waals surface area contributed by atoms with Crippen molar-refractivity contribution < 1.29 is 0 Å². The van der Waals surface area contributed by atoms with Crippen LogP contribution in [0.4, 0.5) is 0 Å². The highest BCUT2D eigenvalue weighted by atomic mass is 14.9.